The van der Waals surface area contributed by atoms with E-state index in [-0.39, 0.29) is 12.3 Å². The van der Waals surface area contributed by atoms with Crippen LogP contribution in [0.5, 0.6) is 11.5 Å². The third kappa shape index (κ3) is 4.85. The van der Waals surface area contributed by atoms with Gasteiger partial charge in [0.1, 0.15) is 11.5 Å². The molecule has 1 amide bonds. The highest BCUT2D eigenvalue weighted by Gasteiger charge is 2.11. The van der Waals surface area contributed by atoms with E-state index in [9.17, 15) is 4.79 Å². The second-order valence-corrected chi connectivity index (χ2v) is 6.57. The van der Waals surface area contributed by atoms with Crippen molar-refractivity contribution in [3.8, 4) is 22.9 Å². The first-order valence-electron chi connectivity index (χ1n) is 9.39. The average Bonchev–Trinajstić information content (AvgIpc) is 3.25. The first kappa shape index (κ1) is 19.3. The number of nitrogens with zero attached hydrogens (tertiary/aromatic N) is 4. The van der Waals surface area contributed by atoms with Crippen molar-refractivity contribution >= 4 is 11.6 Å². The Morgan fingerprint density at radius 1 is 1.10 bits per heavy atom. The van der Waals surface area contributed by atoms with Gasteiger partial charge >= 0.3 is 0 Å². The van der Waals surface area contributed by atoms with Gasteiger partial charge in [0.15, 0.2) is 0 Å². The standard InChI is InChI=1S/C22H19N5O3/c1-15-13-17(4-5-19(15)29-18-3-2-10-24-14-18)25-20(28)6-7-21-26-22(27-30-21)16-8-11-23-12-9-16/h2-5,8-14H,6-7H2,1H3,(H,25,28). The van der Waals surface area contributed by atoms with Gasteiger partial charge < -0.3 is 14.6 Å². The van der Waals surface area contributed by atoms with Crippen LogP contribution < -0.4 is 10.1 Å². The van der Waals surface area contributed by atoms with Gasteiger partial charge in [0.2, 0.25) is 17.6 Å². The third-order valence-corrected chi connectivity index (χ3v) is 4.29. The summed E-state index contributed by atoms with van der Waals surface area (Å²) >= 11 is 0. The quantitative estimate of drug-likeness (QED) is 0.495. The van der Waals surface area contributed by atoms with Gasteiger partial charge in [-0.05, 0) is 55.0 Å². The van der Waals surface area contributed by atoms with Gasteiger partial charge in [-0.2, -0.15) is 4.98 Å². The number of ether oxygens (including phenoxy) is 1. The number of carbonyl (C=O) groups excluding carboxylic acids is 1. The maximum Gasteiger partial charge on any atom is 0.227 e. The van der Waals surface area contributed by atoms with Crippen LogP contribution >= 0.6 is 0 Å². The number of hydrogen-bond acceptors (Lipinski definition) is 7. The largest absolute Gasteiger partial charge is 0.455 e. The molecule has 4 aromatic rings. The first-order chi connectivity index (χ1) is 14.7. The summed E-state index contributed by atoms with van der Waals surface area (Å²) in [6.45, 7) is 1.92. The lowest BCUT2D eigenvalue weighted by Crippen LogP contribution is -2.12. The summed E-state index contributed by atoms with van der Waals surface area (Å²) < 4.78 is 11.0. The van der Waals surface area contributed by atoms with Crippen molar-refractivity contribution in [3.63, 3.8) is 0 Å². The minimum Gasteiger partial charge on any atom is -0.455 e. The number of aromatic nitrogens is 4. The Balaban J connectivity index is 1.32. The fourth-order valence-corrected chi connectivity index (χ4v) is 2.79. The maximum atomic E-state index is 12.3. The lowest BCUT2D eigenvalue weighted by Gasteiger charge is -2.11. The Morgan fingerprint density at radius 2 is 1.97 bits per heavy atom. The number of anilines is 1. The second-order valence-electron chi connectivity index (χ2n) is 6.57. The molecule has 4 rings (SSSR count). The first-order valence-corrected chi connectivity index (χ1v) is 9.39. The lowest BCUT2D eigenvalue weighted by atomic mass is 10.2. The lowest BCUT2D eigenvalue weighted by molar-refractivity contribution is -0.116. The van der Waals surface area contributed by atoms with Gasteiger partial charge in [0.25, 0.3) is 0 Å². The summed E-state index contributed by atoms with van der Waals surface area (Å²) in [6, 6.07) is 12.7. The zero-order valence-corrected chi connectivity index (χ0v) is 16.3. The highest BCUT2D eigenvalue weighted by Crippen LogP contribution is 2.27. The van der Waals surface area contributed by atoms with E-state index in [1.807, 2.05) is 31.2 Å². The zero-order valence-electron chi connectivity index (χ0n) is 16.3. The summed E-state index contributed by atoms with van der Waals surface area (Å²) in [7, 11) is 0. The second kappa shape index (κ2) is 8.95. The molecular formula is C22H19N5O3. The molecule has 1 N–H and O–H groups in total. The fourth-order valence-electron chi connectivity index (χ4n) is 2.79. The van der Waals surface area contributed by atoms with E-state index >= 15 is 0 Å². The van der Waals surface area contributed by atoms with Gasteiger partial charge in [-0.3, -0.25) is 14.8 Å². The number of nitrogens with one attached hydrogen (secondary N) is 1. The van der Waals surface area contributed by atoms with Crippen LogP contribution in [0.1, 0.15) is 17.9 Å². The number of aryl methyl sites for hydroxylation is 2. The molecule has 0 aliphatic carbocycles. The van der Waals surface area contributed by atoms with Crippen molar-refractivity contribution in [2.75, 3.05) is 5.32 Å². The minimum absolute atomic E-state index is 0.140. The van der Waals surface area contributed by atoms with Crippen molar-refractivity contribution in [2.24, 2.45) is 0 Å². The molecular weight excluding hydrogens is 382 g/mol. The predicted octanol–water partition coefficient (Wildman–Crippen LogP) is 4.20. The highest BCUT2D eigenvalue weighted by atomic mass is 16.5. The summed E-state index contributed by atoms with van der Waals surface area (Å²) in [5.74, 6) is 2.11. The van der Waals surface area contributed by atoms with Crippen LogP contribution in [0, 0.1) is 6.92 Å². The summed E-state index contributed by atoms with van der Waals surface area (Å²) in [5.41, 5.74) is 2.41. The molecule has 0 saturated heterocycles. The molecule has 0 fully saturated rings. The Morgan fingerprint density at radius 3 is 2.73 bits per heavy atom. The Kier molecular flexibility index (Phi) is 5.75. The molecule has 8 heteroatoms. The Hall–Kier alpha value is -4.07. The average molecular weight is 401 g/mol. The number of amides is 1. The van der Waals surface area contributed by atoms with Crippen molar-refractivity contribution in [1.29, 1.82) is 0 Å². The monoisotopic (exact) mass is 401 g/mol. The molecule has 0 bridgehead atoms. The summed E-state index contributed by atoms with van der Waals surface area (Å²) in [4.78, 5) is 24.6. The van der Waals surface area contributed by atoms with Crippen LogP contribution in [0.4, 0.5) is 5.69 Å². The van der Waals surface area contributed by atoms with E-state index in [0.29, 0.717) is 35.3 Å². The molecule has 0 spiro atoms. The molecule has 0 aliphatic heterocycles. The summed E-state index contributed by atoms with van der Waals surface area (Å²) in [5, 5.41) is 6.82. The zero-order chi connectivity index (χ0) is 20.8. The third-order valence-electron chi connectivity index (χ3n) is 4.29. The van der Waals surface area contributed by atoms with E-state index in [4.69, 9.17) is 9.26 Å². The molecule has 3 aromatic heterocycles. The van der Waals surface area contributed by atoms with Gasteiger partial charge in [-0.15, -0.1) is 0 Å². The van der Waals surface area contributed by atoms with E-state index < -0.39 is 0 Å². The van der Waals surface area contributed by atoms with Crippen LogP contribution in [0.2, 0.25) is 0 Å². The van der Waals surface area contributed by atoms with Crippen molar-refractivity contribution in [3.05, 3.63) is 78.7 Å². The highest BCUT2D eigenvalue weighted by molar-refractivity contribution is 5.91. The van der Waals surface area contributed by atoms with Gasteiger partial charge in [0.05, 0.1) is 6.20 Å². The van der Waals surface area contributed by atoms with Gasteiger partial charge in [-0.25, -0.2) is 0 Å². The van der Waals surface area contributed by atoms with E-state index in [2.05, 4.69) is 25.4 Å². The smallest absolute Gasteiger partial charge is 0.227 e. The van der Waals surface area contributed by atoms with Crippen molar-refractivity contribution < 1.29 is 14.1 Å². The minimum atomic E-state index is -0.140. The number of carbonyl (C=O) groups is 1. The molecule has 0 aliphatic rings. The van der Waals surface area contributed by atoms with Crippen LogP contribution in [-0.2, 0) is 11.2 Å². The predicted molar refractivity (Wildman–Crippen MR) is 110 cm³/mol. The van der Waals surface area contributed by atoms with Gasteiger partial charge in [0, 0.05) is 42.7 Å². The Bertz CT molecular complexity index is 1130. The Labute approximate surface area is 173 Å². The van der Waals surface area contributed by atoms with Crippen molar-refractivity contribution in [2.45, 2.75) is 19.8 Å². The number of rotatable bonds is 7. The van der Waals surface area contributed by atoms with Crippen LogP contribution in [-0.4, -0.2) is 26.0 Å². The van der Waals surface area contributed by atoms with E-state index in [0.717, 1.165) is 11.1 Å². The SMILES string of the molecule is Cc1cc(NC(=O)CCc2nc(-c3ccncc3)no2)ccc1Oc1cccnc1. The summed E-state index contributed by atoms with van der Waals surface area (Å²) in [6.07, 6.45) is 7.23. The molecule has 150 valence electrons. The van der Waals surface area contributed by atoms with Crippen LogP contribution in [0.15, 0.2) is 71.8 Å². The van der Waals surface area contributed by atoms with E-state index in [1.54, 1.807) is 43.0 Å². The number of hydrogen-bond donors (Lipinski definition) is 1. The number of benzene rings is 1. The van der Waals surface area contributed by atoms with Crippen LogP contribution in [0.3, 0.4) is 0 Å². The molecule has 0 saturated carbocycles. The molecule has 0 unspecified atom stereocenters. The van der Waals surface area contributed by atoms with Crippen LogP contribution in [0.25, 0.3) is 11.4 Å². The molecule has 8 nitrogen and oxygen atoms in total. The normalized spacial score (nSPS) is 10.6. The molecule has 1 aromatic carbocycles. The number of pyridine rings is 2. The van der Waals surface area contributed by atoms with Gasteiger partial charge in [-0.1, -0.05) is 5.16 Å². The fraction of sp³-hybridized carbons (Fsp3) is 0.136. The van der Waals surface area contributed by atoms with Crippen molar-refractivity contribution in [1.82, 2.24) is 20.1 Å². The topological polar surface area (TPSA) is 103 Å². The molecule has 3 heterocycles. The van der Waals surface area contributed by atoms with E-state index in [1.165, 1.54) is 0 Å². The molecule has 0 radical (unpaired) electrons. The molecule has 30 heavy (non-hydrogen) atoms. The maximum absolute atomic E-state index is 12.3. The molecule has 0 atom stereocenters.